The third-order valence-corrected chi connectivity index (χ3v) is 4.90. The summed E-state index contributed by atoms with van der Waals surface area (Å²) in [4.78, 5) is 0. The largest absolute Gasteiger partial charge is 0.385 e. The van der Waals surface area contributed by atoms with Gasteiger partial charge in [0.15, 0.2) is 0 Å². The predicted octanol–water partition coefficient (Wildman–Crippen LogP) is 1.55. The quantitative estimate of drug-likeness (QED) is 0.661. The van der Waals surface area contributed by atoms with Crippen molar-refractivity contribution in [2.24, 2.45) is 5.92 Å². The lowest BCUT2D eigenvalue weighted by atomic mass is 10.0. The summed E-state index contributed by atoms with van der Waals surface area (Å²) in [5.74, 6) is 2.41. The van der Waals surface area contributed by atoms with E-state index < -0.39 is 10.8 Å². The van der Waals surface area contributed by atoms with Gasteiger partial charge in [0.25, 0.3) is 0 Å². The summed E-state index contributed by atoms with van der Waals surface area (Å²) < 4.78 is 16.7. The van der Waals surface area contributed by atoms with Crippen molar-refractivity contribution in [3.05, 3.63) is 0 Å². The van der Waals surface area contributed by atoms with Crippen LogP contribution in [-0.2, 0) is 15.5 Å². The van der Waals surface area contributed by atoms with Gasteiger partial charge >= 0.3 is 0 Å². The van der Waals surface area contributed by atoms with Crippen molar-refractivity contribution in [2.45, 2.75) is 38.1 Å². The Morgan fingerprint density at radius 2 is 2.19 bits per heavy atom. The van der Waals surface area contributed by atoms with Gasteiger partial charge in [0.05, 0.1) is 0 Å². The van der Waals surface area contributed by atoms with Crippen molar-refractivity contribution in [1.82, 2.24) is 5.32 Å². The number of hydrogen-bond acceptors (Lipinski definition) is 3. The second-order valence-electron chi connectivity index (χ2n) is 4.57. The van der Waals surface area contributed by atoms with E-state index in [1.807, 2.05) is 7.05 Å². The zero-order valence-corrected chi connectivity index (χ0v) is 11.4. The molecule has 1 rings (SSSR count). The van der Waals surface area contributed by atoms with E-state index in [9.17, 15) is 4.21 Å². The minimum absolute atomic E-state index is 0.642. The van der Waals surface area contributed by atoms with E-state index in [0.29, 0.717) is 6.04 Å². The van der Waals surface area contributed by atoms with Crippen molar-refractivity contribution < 1.29 is 8.95 Å². The first-order valence-electron chi connectivity index (χ1n) is 6.29. The van der Waals surface area contributed by atoms with Crippen molar-refractivity contribution in [1.29, 1.82) is 0 Å². The second-order valence-corrected chi connectivity index (χ2v) is 6.27. The van der Waals surface area contributed by atoms with Crippen LogP contribution in [0.4, 0.5) is 0 Å². The van der Waals surface area contributed by atoms with Gasteiger partial charge in [-0.3, -0.25) is 4.21 Å². The first-order chi connectivity index (χ1) is 7.77. The van der Waals surface area contributed by atoms with Gasteiger partial charge < -0.3 is 10.1 Å². The minimum Gasteiger partial charge on any atom is -0.385 e. The lowest BCUT2D eigenvalue weighted by molar-refractivity contribution is 0.200. The van der Waals surface area contributed by atoms with Gasteiger partial charge in [-0.05, 0) is 38.6 Å². The van der Waals surface area contributed by atoms with Crippen LogP contribution >= 0.6 is 0 Å². The second kappa shape index (κ2) is 8.20. The fourth-order valence-corrected chi connectivity index (χ4v) is 3.72. The molecule has 1 aliphatic rings. The van der Waals surface area contributed by atoms with Crippen LogP contribution in [0.15, 0.2) is 0 Å². The summed E-state index contributed by atoms with van der Waals surface area (Å²) in [7, 11) is 3.09. The Kier molecular flexibility index (Phi) is 7.25. The number of rotatable bonds is 8. The molecular weight excluding hydrogens is 222 g/mol. The minimum atomic E-state index is -0.642. The van der Waals surface area contributed by atoms with E-state index in [4.69, 9.17) is 4.74 Å². The zero-order chi connectivity index (χ0) is 11.8. The SMILES string of the molecule is CNC1CCCC1CCS(=O)CCCOC. The highest BCUT2D eigenvalue weighted by Crippen LogP contribution is 2.28. The Balaban J connectivity index is 2.11. The molecule has 0 amide bonds. The van der Waals surface area contributed by atoms with E-state index >= 15 is 0 Å². The topological polar surface area (TPSA) is 38.3 Å². The normalized spacial score (nSPS) is 27.1. The highest BCUT2D eigenvalue weighted by Gasteiger charge is 2.25. The van der Waals surface area contributed by atoms with Crippen LogP contribution in [0.3, 0.4) is 0 Å². The molecule has 0 aromatic rings. The molecule has 3 unspecified atom stereocenters. The summed E-state index contributed by atoms with van der Waals surface area (Å²) in [6.07, 6.45) is 5.96. The van der Waals surface area contributed by atoms with Crippen molar-refractivity contribution >= 4 is 10.8 Å². The third kappa shape index (κ3) is 4.93. The summed E-state index contributed by atoms with van der Waals surface area (Å²) in [5.41, 5.74) is 0. The molecule has 1 N–H and O–H groups in total. The molecular formula is C12H25NO2S. The van der Waals surface area contributed by atoms with Crippen LogP contribution in [0.25, 0.3) is 0 Å². The molecule has 96 valence electrons. The predicted molar refractivity (Wildman–Crippen MR) is 69.2 cm³/mol. The Labute approximate surface area is 102 Å². The number of methoxy groups -OCH3 is 1. The molecule has 1 fully saturated rings. The fourth-order valence-electron chi connectivity index (χ4n) is 2.51. The number of ether oxygens (including phenoxy) is 1. The lowest BCUT2D eigenvalue weighted by Crippen LogP contribution is -2.29. The lowest BCUT2D eigenvalue weighted by Gasteiger charge is -2.18. The molecule has 4 heteroatoms. The van der Waals surface area contributed by atoms with Crippen LogP contribution < -0.4 is 5.32 Å². The van der Waals surface area contributed by atoms with Crippen molar-refractivity contribution in [2.75, 3.05) is 32.3 Å². The molecule has 0 radical (unpaired) electrons. The standard InChI is InChI=1S/C12H25NO2S/c1-13-12-6-3-5-11(12)7-10-16(14)9-4-8-15-2/h11-13H,3-10H2,1-2H3. The van der Waals surface area contributed by atoms with E-state index in [0.717, 1.165) is 36.9 Å². The fraction of sp³-hybridized carbons (Fsp3) is 1.00. The monoisotopic (exact) mass is 247 g/mol. The summed E-state index contributed by atoms with van der Waals surface area (Å²) in [6, 6.07) is 0.663. The van der Waals surface area contributed by atoms with E-state index in [1.54, 1.807) is 7.11 Å². The van der Waals surface area contributed by atoms with Gasteiger partial charge in [0, 0.05) is 42.1 Å². The van der Waals surface area contributed by atoms with Gasteiger partial charge in [0.2, 0.25) is 0 Å². The molecule has 16 heavy (non-hydrogen) atoms. The Bertz CT molecular complexity index is 211. The highest BCUT2D eigenvalue weighted by molar-refractivity contribution is 7.84. The molecule has 0 heterocycles. The first kappa shape index (κ1) is 14.1. The molecule has 0 bridgehead atoms. The number of hydrogen-bond donors (Lipinski definition) is 1. The molecule has 3 nitrogen and oxygen atoms in total. The van der Waals surface area contributed by atoms with Crippen LogP contribution in [0.5, 0.6) is 0 Å². The molecule has 0 spiro atoms. The van der Waals surface area contributed by atoms with Crippen LogP contribution in [0.1, 0.15) is 32.1 Å². The number of nitrogens with one attached hydrogen (secondary N) is 1. The molecule has 0 aliphatic heterocycles. The summed E-state index contributed by atoms with van der Waals surface area (Å²) in [5, 5.41) is 3.37. The van der Waals surface area contributed by atoms with Crippen molar-refractivity contribution in [3.8, 4) is 0 Å². The molecule has 0 aromatic heterocycles. The van der Waals surface area contributed by atoms with Crippen LogP contribution in [0.2, 0.25) is 0 Å². The Morgan fingerprint density at radius 1 is 1.38 bits per heavy atom. The van der Waals surface area contributed by atoms with Gasteiger partial charge in [-0.25, -0.2) is 0 Å². The van der Waals surface area contributed by atoms with Crippen molar-refractivity contribution in [3.63, 3.8) is 0 Å². The van der Waals surface area contributed by atoms with E-state index in [2.05, 4.69) is 5.32 Å². The molecule has 0 saturated heterocycles. The maximum atomic E-state index is 11.7. The van der Waals surface area contributed by atoms with Gasteiger partial charge in [0.1, 0.15) is 0 Å². The van der Waals surface area contributed by atoms with Gasteiger partial charge in [-0.2, -0.15) is 0 Å². The molecule has 3 atom stereocenters. The van der Waals surface area contributed by atoms with Crippen LogP contribution in [0, 0.1) is 5.92 Å². The summed E-state index contributed by atoms with van der Waals surface area (Å²) >= 11 is 0. The smallest absolute Gasteiger partial charge is 0.0471 e. The maximum absolute atomic E-state index is 11.7. The van der Waals surface area contributed by atoms with Gasteiger partial charge in [-0.15, -0.1) is 0 Å². The van der Waals surface area contributed by atoms with Crippen LogP contribution in [-0.4, -0.2) is 42.5 Å². The first-order valence-corrected chi connectivity index (χ1v) is 7.78. The average molecular weight is 247 g/mol. The zero-order valence-electron chi connectivity index (χ0n) is 10.5. The Morgan fingerprint density at radius 3 is 2.88 bits per heavy atom. The van der Waals surface area contributed by atoms with Gasteiger partial charge in [-0.1, -0.05) is 6.42 Å². The van der Waals surface area contributed by atoms with E-state index in [-0.39, 0.29) is 0 Å². The average Bonchev–Trinajstić information content (AvgIpc) is 2.74. The van der Waals surface area contributed by atoms with E-state index in [1.165, 1.54) is 19.3 Å². The highest BCUT2D eigenvalue weighted by atomic mass is 32.2. The molecule has 1 saturated carbocycles. The molecule has 0 aromatic carbocycles. The third-order valence-electron chi connectivity index (χ3n) is 3.47. The maximum Gasteiger partial charge on any atom is 0.0471 e. The summed E-state index contributed by atoms with van der Waals surface area (Å²) in [6.45, 7) is 0.730. The Hall–Kier alpha value is 0.0700. The molecule has 1 aliphatic carbocycles.